The number of carboxylic acids is 1. The number of likely N-dealkylation sites (N-methyl/N-ethyl adjacent to an activating group) is 1. The smallest absolute Gasteiger partial charge is 0.430 e. The molecule has 3 heterocycles. The number of benzene rings is 4. The molecule has 2 aliphatic rings. The molecule has 28 heteroatoms. The van der Waals surface area contributed by atoms with Crippen LogP contribution >= 0.6 is 23.6 Å². The topological polar surface area (TPSA) is 242 Å². The molecule has 0 saturated carbocycles. The van der Waals surface area contributed by atoms with Crippen LogP contribution in [0.2, 0.25) is 0 Å². The van der Waals surface area contributed by atoms with Crippen LogP contribution in [0, 0.1) is 23.7 Å². The molecule has 0 radical (unpaired) electrons. The molecule has 4 amide bonds. The number of ether oxygens (including phenoxy) is 5. The second-order valence-corrected chi connectivity index (χ2v) is 25.7. The number of aryl methyl sites for hydroxylation is 1. The van der Waals surface area contributed by atoms with Crippen LogP contribution in [0.5, 0.6) is 5.75 Å². The first-order valence-corrected chi connectivity index (χ1v) is 30.9. The first kappa shape index (κ1) is 74.0. The molecule has 2 N–H and O–H groups in total. The summed E-state index contributed by atoms with van der Waals surface area (Å²) in [6.07, 6.45) is -9.59. The summed E-state index contributed by atoms with van der Waals surface area (Å²) in [5, 5.41) is 23.9. The fraction of sp³-hybridized carbons (Fsp3) is 0.462. The Morgan fingerprint density at radius 2 is 1.42 bits per heavy atom. The highest BCUT2D eigenvalue weighted by Crippen LogP contribution is 2.41. The van der Waals surface area contributed by atoms with E-state index in [1.165, 1.54) is 11.0 Å². The molecular weight excluding hydrogens is 1260 g/mol. The number of rotatable bonds is 27. The molecule has 0 spiro atoms. The van der Waals surface area contributed by atoms with Crippen molar-refractivity contribution >= 4 is 75.6 Å². The summed E-state index contributed by atoms with van der Waals surface area (Å²) in [5.41, 5.74) is 3.02. The van der Waals surface area contributed by atoms with Gasteiger partial charge in [-0.2, -0.15) is 31.6 Å². The number of likely N-dealkylation sites (tertiary alicyclic amines) is 1. The van der Waals surface area contributed by atoms with E-state index < -0.39 is 88.2 Å². The molecule has 3 atom stereocenters. The number of nitrogens with zero attached hydrogens (tertiary/aromatic N) is 6. The molecule has 0 aliphatic carbocycles. The molecule has 2 saturated heterocycles. The number of halogens is 6. The Morgan fingerprint density at radius 3 is 1.99 bits per heavy atom. The Morgan fingerprint density at radius 1 is 0.828 bits per heavy atom. The number of nitriles is 1. The number of nitrogens with one attached hydrogen (secondary N) is 2. The van der Waals surface area contributed by atoms with E-state index in [-0.39, 0.29) is 56.6 Å². The number of aliphatic carboxylic acids is 1. The standard InChI is InChI=1S/C63H75F3N8O10S2.C2HF3O2/c1-41-55(86-40-69-41)45-14-12-42(13-15-45)37-68-57(77)52-35-50(84-54(76)26-30-80-32-33-81-31-27-74(7,8)9)38-71(52)58(78)56(61(2,3)4)70-53(75)39-82-28-10-11-29-83-49-24-19-44(20-25-49)43-16-21-47(22-17-43)73-60(85)72(59(79)62(73,5)6)48-23-18-46(36-67)51(34-48)63(64,65)66;3-2(4,5)1(6)7/h12-25,34,40,50,52,56H,10-11,26-33,35,37-39H2,1-9H3,(H-,68,70,75,77);(H,6,7)/t50-,52+,56-;/m1./s1. The van der Waals surface area contributed by atoms with Crippen molar-refractivity contribution < 1.29 is 88.4 Å². The third-order valence-corrected chi connectivity index (χ3v) is 16.1. The van der Waals surface area contributed by atoms with E-state index in [1.54, 1.807) is 53.8 Å². The van der Waals surface area contributed by atoms with E-state index in [2.05, 4.69) is 36.8 Å². The van der Waals surface area contributed by atoms with E-state index in [0.717, 1.165) is 60.9 Å². The van der Waals surface area contributed by atoms with Gasteiger partial charge in [0.05, 0.1) is 106 Å². The van der Waals surface area contributed by atoms with Crippen LogP contribution in [-0.4, -0.2) is 165 Å². The number of carboxylic acid groups (broad SMARTS) is 1. The third-order valence-electron chi connectivity index (χ3n) is 14.8. The molecule has 2 aliphatic heterocycles. The van der Waals surface area contributed by atoms with Gasteiger partial charge in [-0.15, -0.1) is 11.3 Å². The summed E-state index contributed by atoms with van der Waals surface area (Å²) in [5.74, 6) is -4.86. The van der Waals surface area contributed by atoms with Crippen LogP contribution < -0.4 is 30.3 Å². The molecule has 7 rings (SSSR count). The average Bonchev–Trinajstić information content (AvgIpc) is 1.60. The Balaban J connectivity index is 0.00000185. The van der Waals surface area contributed by atoms with Gasteiger partial charge >= 0.3 is 18.3 Å². The van der Waals surface area contributed by atoms with Crippen molar-refractivity contribution in [1.29, 1.82) is 5.26 Å². The lowest BCUT2D eigenvalue weighted by atomic mass is 9.85. The molecule has 0 bridgehead atoms. The Labute approximate surface area is 545 Å². The van der Waals surface area contributed by atoms with Gasteiger partial charge in [-0.25, -0.2) is 4.98 Å². The van der Waals surface area contributed by atoms with Gasteiger partial charge in [0.25, 0.3) is 5.91 Å². The molecule has 20 nitrogen and oxygen atoms in total. The van der Waals surface area contributed by atoms with Gasteiger partial charge in [-0.3, -0.25) is 28.9 Å². The summed E-state index contributed by atoms with van der Waals surface area (Å²) in [6.45, 7) is 13.3. The number of hydrogen-bond donors (Lipinski definition) is 2. The van der Waals surface area contributed by atoms with E-state index in [1.807, 2.05) is 88.4 Å². The van der Waals surface area contributed by atoms with Crippen molar-refractivity contribution in [2.75, 3.05) is 90.3 Å². The SMILES string of the molecule is Cc1ncsc1-c1ccc(CNC(=O)[C@@H]2C[C@@H](OC(=O)CCOCCOCC[N+](C)(C)C)CN2C(=O)[C@@H](NC(=O)COCCCCOc2ccc(-c3ccc(N4C(=S)N(c5ccc(C#N)c(C(F)(F)F)c5)C(=O)C4(C)C)cc3)cc2)C(C)(C)C)cc1.O=C([O-])C(F)(F)F. The zero-order chi connectivity index (χ0) is 68.6. The minimum absolute atomic E-state index is 0.00387. The zero-order valence-corrected chi connectivity index (χ0v) is 54.7. The predicted octanol–water partition coefficient (Wildman–Crippen LogP) is 8.56. The maximum absolute atomic E-state index is 14.6. The lowest BCUT2D eigenvalue weighted by Gasteiger charge is -2.35. The van der Waals surface area contributed by atoms with Gasteiger partial charge in [0.2, 0.25) is 17.7 Å². The van der Waals surface area contributed by atoms with Gasteiger partial charge in [-0.05, 0) is 116 Å². The molecule has 5 aromatic rings. The fourth-order valence-corrected chi connectivity index (χ4v) is 11.1. The maximum Gasteiger partial charge on any atom is 0.430 e. The van der Waals surface area contributed by atoms with Gasteiger partial charge < -0.3 is 58.5 Å². The summed E-state index contributed by atoms with van der Waals surface area (Å²) >= 11 is 7.24. The lowest BCUT2D eigenvalue weighted by molar-refractivity contribution is -0.870. The number of amides is 4. The van der Waals surface area contributed by atoms with Crippen LogP contribution in [0.15, 0.2) is 96.5 Å². The zero-order valence-electron chi connectivity index (χ0n) is 53.0. The van der Waals surface area contributed by atoms with Crippen LogP contribution in [-0.2, 0) is 60.4 Å². The first-order chi connectivity index (χ1) is 43.6. The summed E-state index contributed by atoms with van der Waals surface area (Å²) in [7, 11) is 6.24. The van der Waals surface area contributed by atoms with Crippen molar-refractivity contribution in [3.05, 3.63) is 119 Å². The highest BCUT2D eigenvalue weighted by atomic mass is 32.1. The van der Waals surface area contributed by atoms with Gasteiger partial charge in [-0.1, -0.05) is 69.3 Å². The average molecular weight is 1340 g/mol. The van der Waals surface area contributed by atoms with Gasteiger partial charge in [0.15, 0.2) is 5.11 Å². The second kappa shape index (κ2) is 32.2. The minimum Gasteiger partial charge on any atom is -0.542 e. The first-order valence-electron chi connectivity index (χ1n) is 29.6. The quantitative estimate of drug-likeness (QED) is 0.0164. The Hall–Kier alpha value is -8.07. The summed E-state index contributed by atoms with van der Waals surface area (Å²) < 4.78 is 103. The van der Waals surface area contributed by atoms with Crippen LogP contribution in [0.25, 0.3) is 21.6 Å². The number of thiazole rings is 1. The number of unbranched alkanes of at least 4 members (excludes halogenated alkanes) is 1. The number of carbonyl (C=O) groups is 6. The number of quaternary nitrogens is 1. The van der Waals surface area contributed by atoms with E-state index >= 15 is 0 Å². The number of carbonyl (C=O) groups excluding carboxylic acids is 6. The molecule has 4 aromatic carbocycles. The van der Waals surface area contributed by atoms with E-state index in [9.17, 15) is 55.6 Å². The molecule has 1 aromatic heterocycles. The molecule has 2 fully saturated rings. The van der Waals surface area contributed by atoms with E-state index in [0.29, 0.717) is 50.7 Å². The number of hydrogen-bond acceptors (Lipinski definition) is 16. The van der Waals surface area contributed by atoms with Crippen molar-refractivity contribution in [2.24, 2.45) is 5.41 Å². The van der Waals surface area contributed by atoms with E-state index in [4.69, 9.17) is 45.8 Å². The number of alkyl halides is 6. The number of aromatic nitrogens is 1. The van der Waals surface area contributed by atoms with Crippen LogP contribution in [0.3, 0.4) is 0 Å². The Kier molecular flexibility index (Phi) is 25.6. The monoisotopic (exact) mass is 1340 g/mol. The van der Waals surface area contributed by atoms with Crippen molar-refractivity contribution in [1.82, 2.24) is 20.5 Å². The normalized spacial score (nSPS) is 16.1. The number of esters is 1. The maximum atomic E-state index is 14.6. The van der Waals surface area contributed by atoms with Crippen molar-refractivity contribution in [3.8, 4) is 33.4 Å². The lowest BCUT2D eigenvalue weighted by Crippen LogP contribution is -2.58. The summed E-state index contributed by atoms with van der Waals surface area (Å²) in [4.78, 5) is 87.1. The minimum atomic E-state index is -5.19. The van der Waals surface area contributed by atoms with Crippen molar-refractivity contribution in [3.63, 3.8) is 0 Å². The number of anilines is 2. The molecular formula is C65H76F6N8O12S2. The highest BCUT2D eigenvalue weighted by Gasteiger charge is 2.51. The molecule has 93 heavy (non-hydrogen) atoms. The molecule has 502 valence electrons. The third kappa shape index (κ3) is 21.0. The fourth-order valence-electron chi connectivity index (χ4n) is 9.78. The largest absolute Gasteiger partial charge is 0.542 e. The van der Waals surface area contributed by atoms with Gasteiger partial charge in [0.1, 0.15) is 48.6 Å². The number of thiocarbonyl (C=S) groups is 1. The Bertz CT molecular complexity index is 3460. The van der Waals surface area contributed by atoms with Gasteiger partial charge in [0, 0.05) is 25.3 Å². The molecule has 0 unspecified atom stereocenters. The van der Waals surface area contributed by atoms with Crippen LogP contribution in [0.1, 0.15) is 82.7 Å². The van der Waals surface area contributed by atoms with Crippen LogP contribution in [0.4, 0.5) is 37.7 Å². The predicted molar refractivity (Wildman–Crippen MR) is 336 cm³/mol. The summed E-state index contributed by atoms with van der Waals surface area (Å²) in [6, 6.07) is 25.1. The second-order valence-electron chi connectivity index (χ2n) is 24.5. The highest BCUT2D eigenvalue weighted by molar-refractivity contribution is 7.81. The van der Waals surface area contributed by atoms with Crippen molar-refractivity contribution in [2.45, 2.75) is 110 Å².